The van der Waals surface area contributed by atoms with E-state index in [1.54, 1.807) is 37.3 Å². The summed E-state index contributed by atoms with van der Waals surface area (Å²) in [6, 6.07) is 18.0. The molecule has 0 fully saturated rings. The lowest BCUT2D eigenvalue weighted by Gasteiger charge is -2.09. The van der Waals surface area contributed by atoms with E-state index in [9.17, 15) is 28.1 Å². The summed E-state index contributed by atoms with van der Waals surface area (Å²) in [4.78, 5) is 24.3. The Labute approximate surface area is 167 Å². The number of imide groups is 1. The van der Waals surface area contributed by atoms with Gasteiger partial charge in [-0.05, 0) is 42.8 Å². The van der Waals surface area contributed by atoms with E-state index in [1.165, 1.54) is 42.5 Å². The zero-order valence-corrected chi connectivity index (χ0v) is 16.1. The summed E-state index contributed by atoms with van der Waals surface area (Å²) in [5, 5.41) is 0. The molecule has 0 heterocycles. The van der Waals surface area contributed by atoms with Crippen molar-refractivity contribution in [2.24, 2.45) is 0 Å². The zero-order chi connectivity index (χ0) is 21.2. The SMILES string of the molecule is Cc1ccc(S(=O)(=O)O)c(-c2ccc(C(=O)[N+](=[N-])C(=O)c3ccccc3)cc2)c1. The molecular weight excluding hydrogens is 392 g/mol. The second kappa shape index (κ2) is 7.86. The van der Waals surface area contributed by atoms with E-state index in [2.05, 4.69) is 0 Å². The monoisotopic (exact) mass is 408 g/mol. The third-order valence-electron chi connectivity index (χ3n) is 4.26. The quantitative estimate of drug-likeness (QED) is 0.304. The van der Waals surface area contributed by atoms with Gasteiger partial charge >= 0.3 is 11.8 Å². The van der Waals surface area contributed by atoms with Gasteiger partial charge in [-0.3, -0.25) is 4.55 Å². The van der Waals surface area contributed by atoms with E-state index in [4.69, 9.17) is 0 Å². The third-order valence-corrected chi connectivity index (χ3v) is 5.17. The maximum atomic E-state index is 12.4. The molecule has 0 unspecified atom stereocenters. The maximum Gasteiger partial charge on any atom is 0.416 e. The van der Waals surface area contributed by atoms with E-state index < -0.39 is 21.9 Å². The Balaban J connectivity index is 1.92. The summed E-state index contributed by atoms with van der Waals surface area (Å²) in [5.41, 5.74) is 11.7. The van der Waals surface area contributed by atoms with Crippen molar-refractivity contribution >= 4 is 21.9 Å². The van der Waals surface area contributed by atoms with Gasteiger partial charge in [-0.25, -0.2) is 9.59 Å². The van der Waals surface area contributed by atoms with Gasteiger partial charge in [0.15, 0.2) is 0 Å². The zero-order valence-electron chi connectivity index (χ0n) is 15.3. The van der Waals surface area contributed by atoms with Crippen molar-refractivity contribution in [3.05, 3.63) is 95.0 Å². The lowest BCUT2D eigenvalue weighted by Crippen LogP contribution is -2.24. The maximum absolute atomic E-state index is 12.4. The molecule has 3 aromatic rings. The number of amides is 2. The van der Waals surface area contributed by atoms with Crippen molar-refractivity contribution in [1.82, 2.24) is 0 Å². The first-order chi connectivity index (χ1) is 13.7. The highest BCUT2D eigenvalue weighted by Gasteiger charge is 2.25. The Bertz CT molecular complexity index is 1220. The molecule has 0 aliphatic carbocycles. The Morgan fingerprint density at radius 1 is 0.862 bits per heavy atom. The summed E-state index contributed by atoms with van der Waals surface area (Å²) in [5.74, 6) is -1.79. The molecule has 0 aliphatic heterocycles. The third kappa shape index (κ3) is 4.34. The van der Waals surface area contributed by atoms with Gasteiger partial charge in [-0.1, -0.05) is 48.0 Å². The lowest BCUT2D eigenvalue weighted by atomic mass is 10.0. The van der Waals surface area contributed by atoms with Gasteiger partial charge in [0.1, 0.15) is 4.90 Å². The fourth-order valence-corrected chi connectivity index (χ4v) is 3.50. The first kappa shape index (κ1) is 20.2. The van der Waals surface area contributed by atoms with E-state index in [0.29, 0.717) is 5.56 Å². The van der Waals surface area contributed by atoms with E-state index in [1.807, 2.05) is 0 Å². The Hall–Kier alpha value is -3.49. The first-order valence-corrected chi connectivity index (χ1v) is 9.94. The minimum atomic E-state index is -4.44. The van der Waals surface area contributed by atoms with Crippen LogP contribution in [0, 0.1) is 6.92 Å². The summed E-state index contributed by atoms with van der Waals surface area (Å²) < 4.78 is 32.7. The Morgan fingerprint density at radius 2 is 1.41 bits per heavy atom. The van der Waals surface area contributed by atoms with Crippen molar-refractivity contribution in [2.45, 2.75) is 11.8 Å². The van der Waals surface area contributed by atoms with Crippen LogP contribution in [-0.2, 0) is 10.1 Å². The van der Waals surface area contributed by atoms with Crippen molar-refractivity contribution in [2.75, 3.05) is 0 Å². The number of hydrogen-bond acceptors (Lipinski definition) is 4. The van der Waals surface area contributed by atoms with Gasteiger partial charge in [-0.2, -0.15) is 13.1 Å². The van der Waals surface area contributed by atoms with E-state index in [0.717, 1.165) is 5.56 Å². The number of carbonyl (C=O) groups excluding carboxylic acids is 2. The predicted octanol–water partition coefficient (Wildman–Crippen LogP) is 3.92. The number of hydrogen-bond donors (Lipinski definition) is 1. The Morgan fingerprint density at radius 3 is 1.97 bits per heavy atom. The van der Waals surface area contributed by atoms with Crippen LogP contribution in [0.5, 0.6) is 0 Å². The molecule has 0 bridgehead atoms. The minimum Gasteiger partial charge on any atom is -0.487 e. The molecule has 146 valence electrons. The fourth-order valence-electron chi connectivity index (χ4n) is 2.80. The molecule has 3 rings (SSSR count). The van der Waals surface area contributed by atoms with Crippen LogP contribution in [-0.4, -0.2) is 29.5 Å². The van der Waals surface area contributed by atoms with Crippen LogP contribution in [0.15, 0.2) is 77.7 Å². The molecule has 7 nitrogen and oxygen atoms in total. The van der Waals surface area contributed by atoms with Crippen molar-refractivity contribution < 1.29 is 27.3 Å². The first-order valence-electron chi connectivity index (χ1n) is 8.50. The normalized spacial score (nSPS) is 11.1. The van der Waals surface area contributed by atoms with Gasteiger partial charge in [0, 0.05) is 5.56 Å². The van der Waals surface area contributed by atoms with Crippen LogP contribution >= 0.6 is 0 Å². The van der Waals surface area contributed by atoms with Crippen LogP contribution in [0.4, 0.5) is 0 Å². The second-order valence-electron chi connectivity index (χ2n) is 6.34. The molecular formula is C21H16N2O5S. The summed E-state index contributed by atoms with van der Waals surface area (Å²) in [6.07, 6.45) is 0. The van der Waals surface area contributed by atoms with Gasteiger partial charge in [0.05, 0.1) is 11.1 Å². The molecule has 0 radical (unpaired) electrons. The highest BCUT2D eigenvalue weighted by atomic mass is 32.2. The number of aryl methyl sites for hydroxylation is 1. The molecule has 0 aromatic heterocycles. The number of benzene rings is 3. The van der Waals surface area contributed by atoms with Crippen molar-refractivity contribution in [1.29, 1.82) is 0 Å². The standard InChI is InChI=1S/C21H16N2O5S/c1-14-7-12-19(29(26,27)28)18(13-14)15-8-10-17(11-9-15)21(25)23(22)20(24)16-5-3-2-4-6-16/h2-13H,1H3,(H,26,27,28). The number of carbonyl (C=O) groups is 2. The van der Waals surface area contributed by atoms with E-state index in [-0.39, 0.29) is 26.3 Å². The highest BCUT2D eigenvalue weighted by Crippen LogP contribution is 2.28. The van der Waals surface area contributed by atoms with Crippen LogP contribution in [0.25, 0.3) is 16.7 Å². The molecule has 2 amide bonds. The van der Waals surface area contributed by atoms with Gasteiger partial charge < -0.3 is 5.53 Å². The highest BCUT2D eigenvalue weighted by molar-refractivity contribution is 7.86. The number of rotatable bonds is 4. The lowest BCUT2D eigenvalue weighted by molar-refractivity contribution is -0.350. The minimum absolute atomic E-state index is 0.0284. The van der Waals surface area contributed by atoms with Crippen LogP contribution in [0.3, 0.4) is 0 Å². The van der Waals surface area contributed by atoms with Crippen LogP contribution in [0.1, 0.15) is 26.3 Å². The van der Waals surface area contributed by atoms with Gasteiger partial charge in [-0.15, -0.1) is 0 Å². The summed E-state index contributed by atoms with van der Waals surface area (Å²) in [6.45, 7) is 1.77. The predicted molar refractivity (Wildman–Crippen MR) is 105 cm³/mol. The van der Waals surface area contributed by atoms with Crippen molar-refractivity contribution in [3.63, 3.8) is 0 Å². The fraction of sp³-hybridized carbons (Fsp3) is 0.0476. The molecule has 8 heteroatoms. The van der Waals surface area contributed by atoms with Crippen molar-refractivity contribution in [3.8, 4) is 11.1 Å². The Kier molecular flexibility index (Phi) is 5.49. The average molecular weight is 408 g/mol. The van der Waals surface area contributed by atoms with E-state index >= 15 is 0 Å². The molecule has 0 spiro atoms. The molecule has 0 atom stereocenters. The summed E-state index contributed by atoms with van der Waals surface area (Å²) in [7, 11) is -4.44. The molecule has 0 aliphatic rings. The van der Waals surface area contributed by atoms with Crippen LogP contribution in [0.2, 0.25) is 0 Å². The number of nitrogens with zero attached hydrogens (tertiary/aromatic N) is 2. The molecule has 3 aromatic carbocycles. The van der Waals surface area contributed by atoms with Gasteiger partial charge in [0.2, 0.25) is 0 Å². The van der Waals surface area contributed by atoms with Gasteiger partial charge in [0.25, 0.3) is 10.1 Å². The average Bonchev–Trinajstić information content (AvgIpc) is 2.72. The smallest absolute Gasteiger partial charge is 0.416 e. The molecule has 0 saturated heterocycles. The van der Waals surface area contributed by atoms with Crippen LogP contribution < -0.4 is 0 Å². The molecule has 29 heavy (non-hydrogen) atoms. The second-order valence-corrected chi connectivity index (χ2v) is 7.73. The topological polar surface area (TPSA) is 114 Å². The summed E-state index contributed by atoms with van der Waals surface area (Å²) >= 11 is 0. The molecule has 0 saturated carbocycles. The largest absolute Gasteiger partial charge is 0.487 e. The molecule has 1 N–H and O–H groups in total.